The third kappa shape index (κ3) is 3.14. The summed E-state index contributed by atoms with van der Waals surface area (Å²) in [5, 5.41) is 5.56. The third-order valence-corrected chi connectivity index (χ3v) is 6.50. The first kappa shape index (κ1) is 19.9. The number of rotatable bonds is 5. The quantitative estimate of drug-likeness (QED) is 0.664. The first-order chi connectivity index (χ1) is 13.1. The van der Waals surface area contributed by atoms with Crippen molar-refractivity contribution in [1.82, 2.24) is 4.57 Å². The molecule has 0 bridgehead atoms. The maximum atomic E-state index is 14.0. The smallest absolute Gasteiger partial charge is 0.224 e. The van der Waals surface area contributed by atoms with Gasteiger partial charge in [-0.1, -0.05) is 30.3 Å². The number of hydrogen-bond donors (Lipinski definition) is 1. The zero-order chi connectivity index (χ0) is 20.7. The van der Waals surface area contributed by atoms with Gasteiger partial charge in [-0.05, 0) is 36.8 Å². The lowest BCUT2D eigenvalue weighted by Crippen LogP contribution is -2.40. The van der Waals surface area contributed by atoms with Crippen LogP contribution in [0.5, 0.6) is 0 Å². The second kappa shape index (κ2) is 6.96. The van der Waals surface area contributed by atoms with E-state index in [9.17, 15) is 22.0 Å². The minimum Gasteiger partial charge on any atom is -0.343 e. The van der Waals surface area contributed by atoms with Gasteiger partial charge < -0.3 is 4.57 Å². The van der Waals surface area contributed by atoms with Crippen molar-refractivity contribution in [2.45, 2.75) is 11.7 Å². The molecule has 2 N–H and O–H groups in total. The predicted molar refractivity (Wildman–Crippen MR) is 101 cm³/mol. The first-order valence-electron chi connectivity index (χ1n) is 8.31. The molecule has 0 aliphatic heterocycles. The molecule has 5 nitrogen and oxygen atoms in total. The van der Waals surface area contributed by atoms with Crippen LogP contribution in [0.2, 0.25) is 0 Å². The molecular formula is C20H18F2N2O3S. The molecule has 3 aromatic rings. The van der Waals surface area contributed by atoms with Crippen LogP contribution < -0.4 is 5.14 Å². The Bertz CT molecular complexity index is 1160. The zero-order valence-electron chi connectivity index (χ0n) is 15.2. The molecule has 1 aromatic heterocycles. The van der Waals surface area contributed by atoms with E-state index >= 15 is 0 Å². The average Bonchev–Trinajstić information content (AvgIpc) is 3.02. The molecule has 1 heterocycles. The van der Waals surface area contributed by atoms with E-state index in [1.807, 2.05) is 0 Å². The summed E-state index contributed by atoms with van der Waals surface area (Å²) in [6.45, 7) is 1.44. The standard InChI is InChI=1S/C20H18F2N2O3S/c1-20(28(23,26)27,13-6-4-3-5-7-13)18-11-10-17(24(18)2)19(25)15-9-8-14(21)12-16(15)22/h3-12H,1-2H3,(H2,23,26,27). The molecule has 0 spiro atoms. The topological polar surface area (TPSA) is 82.2 Å². The Kier molecular flexibility index (Phi) is 4.95. The Morgan fingerprint density at radius 2 is 1.68 bits per heavy atom. The van der Waals surface area contributed by atoms with E-state index in [0.29, 0.717) is 11.6 Å². The Balaban J connectivity index is 2.17. The molecule has 1 atom stereocenters. The largest absolute Gasteiger partial charge is 0.343 e. The lowest BCUT2D eigenvalue weighted by atomic mass is 9.96. The van der Waals surface area contributed by atoms with E-state index in [-0.39, 0.29) is 17.0 Å². The second-order valence-corrected chi connectivity index (χ2v) is 8.47. The van der Waals surface area contributed by atoms with Gasteiger partial charge >= 0.3 is 0 Å². The number of aromatic nitrogens is 1. The van der Waals surface area contributed by atoms with Crippen LogP contribution in [0.3, 0.4) is 0 Å². The summed E-state index contributed by atoms with van der Waals surface area (Å²) in [5.41, 5.74) is 0.398. The van der Waals surface area contributed by atoms with Gasteiger partial charge in [-0.25, -0.2) is 22.3 Å². The average molecular weight is 404 g/mol. The van der Waals surface area contributed by atoms with Crippen molar-refractivity contribution in [3.8, 4) is 0 Å². The van der Waals surface area contributed by atoms with Gasteiger partial charge in [-0.2, -0.15) is 0 Å². The fourth-order valence-corrected chi connectivity index (χ4v) is 4.21. The molecule has 146 valence electrons. The Labute approximate surface area is 161 Å². The van der Waals surface area contributed by atoms with Crippen molar-refractivity contribution in [2.24, 2.45) is 12.2 Å². The van der Waals surface area contributed by atoms with Gasteiger partial charge in [0.05, 0.1) is 11.3 Å². The van der Waals surface area contributed by atoms with Gasteiger partial charge in [0, 0.05) is 18.8 Å². The predicted octanol–water partition coefficient (Wildman–Crippen LogP) is 3.09. The monoisotopic (exact) mass is 404 g/mol. The Morgan fingerprint density at radius 3 is 2.25 bits per heavy atom. The number of halogens is 2. The maximum absolute atomic E-state index is 14.0. The number of nitrogens with zero attached hydrogens (tertiary/aromatic N) is 1. The van der Waals surface area contributed by atoms with Gasteiger partial charge in [0.1, 0.15) is 16.4 Å². The molecule has 0 aliphatic carbocycles. The van der Waals surface area contributed by atoms with Crippen molar-refractivity contribution >= 4 is 15.8 Å². The van der Waals surface area contributed by atoms with E-state index in [1.165, 1.54) is 30.7 Å². The number of primary sulfonamides is 1. The van der Waals surface area contributed by atoms with Gasteiger partial charge in [0.25, 0.3) is 0 Å². The Morgan fingerprint density at radius 1 is 1.04 bits per heavy atom. The first-order valence-corrected chi connectivity index (χ1v) is 9.86. The summed E-state index contributed by atoms with van der Waals surface area (Å²) in [5.74, 6) is -2.49. The number of sulfonamides is 1. The molecule has 0 aliphatic rings. The van der Waals surface area contributed by atoms with Crippen LogP contribution in [0.4, 0.5) is 8.78 Å². The number of ketones is 1. The molecule has 0 radical (unpaired) electrons. The fraction of sp³-hybridized carbons (Fsp3) is 0.150. The van der Waals surface area contributed by atoms with Crippen LogP contribution in [-0.2, 0) is 21.8 Å². The second-order valence-electron chi connectivity index (χ2n) is 6.56. The Hall–Kier alpha value is -2.84. The number of hydrogen-bond acceptors (Lipinski definition) is 3. The van der Waals surface area contributed by atoms with Crippen LogP contribution in [0, 0.1) is 11.6 Å². The highest BCUT2D eigenvalue weighted by molar-refractivity contribution is 7.90. The molecule has 28 heavy (non-hydrogen) atoms. The van der Waals surface area contributed by atoms with Gasteiger partial charge in [-0.15, -0.1) is 0 Å². The van der Waals surface area contributed by atoms with Crippen LogP contribution in [-0.4, -0.2) is 18.8 Å². The number of benzene rings is 2. The van der Waals surface area contributed by atoms with Crippen molar-refractivity contribution in [3.05, 3.63) is 94.8 Å². The lowest BCUT2D eigenvalue weighted by Gasteiger charge is -2.29. The van der Waals surface area contributed by atoms with Crippen LogP contribution in [0.1, 0.15) is 34.2 Å². The SMILES string of the molecule is Cn1c(C(=O)c2ccc(F)cc2F)ccc1C(C)(c1ccccc1)S(N)(=O)=O. The normalized spacial score (nSPS) is 13.9. The lowest BCUT2D eigenvalue weighted by molar-refractivity contribution is 0.102. The van der Waals surface area contributed by atoms with Crippen LogP contribution in [0.25, 0.3) is 0 Å². The summed E-state index contributed by atoms with van der Waals surface area (Å²) < 4.78 is 51.9. The minimum absolute atomic E-state index is 0.0475. The number of nitrogens with two attached hydrogens (primary N) is 1. The van der Waals surface area contributed by atoms with Gasteiger partial charge in [-0.3, -0.25) is 4.79 Å². The number of carbonyl (C=O) groups excluding carboxylic acids is 1. The molecule has 1 unspecified atom stereocenters. The molecule has 2 aromatic carbocycles. The highest BCUT2D eigenvalue weighted by Gasteiger charge is 2.43. The van der Waals surface area contributed by atoms with Crippen LogP contribution in [0.15, 0.2) is 60.7 Å². The van der Waals surface area contributed by atoms with Gasteiger partial charge in [0.2, 0.25) is 15.8 Å². The van der Waals surface area contributed by atoms with Crippen molar-refractivity contribution in [2.75, 3.05) is 0 Å². The fourth-order valence-electron chi connectivity index (χ4n) is 3.24. The molecule has 0 saturated heterocycles. The van der Waals surface area contributed by atoms with E-state index in [2.05, 4.69) is 0 Å². The van der Waals surface area contributed by atoms with E-state index in [0.717, 1.165) is 12.1 Å². The summed E-state index contributed by atoms with van der Waals surface area (Å²) in [6.07, 6.45) is 0. The highest BCUT2D eigenvalue weighted by Crippen LogP contribution is 2.36. The van der Waals surface area contributed by atoms with E-state index in [4.69, 9.17) is 5.14 Å². The van der Waals surface area contributed by atoms with Gasteiger partial charge in [0.15, 0.2) is 0 Å². The summed E-state index contributed by atoms with van der Waals surface area (Å²) in [7, 11) is -2.64. The number of carbonyl (C=O) groups is 1. The summed E-state index contributed by atoms with van der Waals surface area (Å²) in [6, 6.07) is 13.9. The molecule has 0 amide bonds. The molecular weight excluding hydrogens is 386 g/mol. The van der Waals surface area contributed by atoms with Crippen LogP contribution >= 0.6 is 0 Å². The van der Waals surface area contributed by atoms with E-state index < -0.39 is 32.2 Å². The molecule has 3 rings (SSSR count). The zero-order valence-corrected chi connectivity index (χ0v) is 16.0. The highest BCUT2D eigenvalue weighted by atomic mass is 32.2. The molecule has 8 heteroatoms. The third-order valence-electron chi connectivity index (χ3n) is 4.91. The van der Waals surface area contributed by atoms with Crippen molar-refractivity contribution < 1.29 is 22.0 Å². The molecule has 0 saturated carbocycles. The minimum atomic E-state index is -4.14. The molecule has 0 fully saturated rings. The van der Waals surface area contributed by atoms with E-state index in [1.54, 1.807) is 30.3 Å². The summed E-state index contributed by atoms with van der Waals surface area (Å²) in [4.78, 5) is 12.8. The maximum Gasteiger partial charge on any atom is 0.224 e. The summed E-state index contributed by atoms with van der Waals surface area (Å²) >= 11 is 0. The van der Waals surface area contributed by atoms with Crippen molar-refractivity contribution in [3.63, 3.8) is 0 Å². The van der Waals surface area contributed by atoms with Crippen molar-refractivity contribution in [1.29, 1.82) is 0 Å².